The number of carbonyl (C=O) groups excluding carboxylic acids is 1. The summed E-state index contributed by atoms with van der Waals surface area (Å²) in [7, 11) is 0. The van der Waals surface area contributed by atoms with Crippen LogP contribution >= 0.6 is 11.3 Å². The van der Waals surface area contributed by atoms with Gasteiger partial charge in [0.2, 0.25) is 0 Å². The number of aryl methyl sites for hydroxylation is 1. The Hall–Kier alpha value is -2.40. The third-order valence-corrected chi connectivity index (χ3v) is 7.15. The maximum Gasteiger partial charge on any atom is 0.264 e. The Morgan fingerprint density at radius 3 is 2.77 bits per heavy atom. The number of hydrogen-bond acceptors (Lipinski definition) is 5. The number of nitriles is 1. The zero-order valence-electron chi connectivity index (χ0n) is 18.3. The molecular formula is C24H30N4O2S. The summed E-state index contributed by atoms with van der Waals surface area (Å²) in [5.74, 6) is -0.165. The SMILES string of the molecule is Cc1cc(/C=C(\C#N)C(=O)N2CCN(Cc3cccs3)CC2)c(C)n1CC1CCCO1. The summed E-state index contributed by atoms with van der Waals surface area (Å²) in [5.41, 5.74) is 3.36. The van der Waals surface area contributed by atoms with Crippen LogP contribution in [0.2, 0.25) is 0 Å². The molecule has 2 aromatic rings. The monoisotopic (exact) mass is 438 g/mol. The van der Waals surface area contributed by atoms with E-state index in [0.717, 1.165) is 62.6 Å². The number of nitrogens with zero attached hydrogens (tertiary/aromatic N) is 4. The summed E-state index contributed by atoms with van der Waals surface area (Å²) in [6.45, 7) is 9.69. The minimum absolute atomic E-state index is 0.165. The fraction of sp³-hybridized carbons (Fsp3) is 0.500. The Morgan fingerprint density at radius 2 is 2.13 bits per heavy atom. The quantitative estimate of drug-likeness (QED) is 0.511. The first-order valence-corrected chi connectivity index (χ1v) is 11.9. The van der Waals surface area contributed by atoms with E-state index in [2.05, 4.69) is 53.0 Å². The number of amides is 1. The zero-order valence-corrected chi connectivity index (χ0v) is 19.2. The topological polar surface area (TPSA) is 61.5 Å². The standard InChI is InChI=1S/C24H30N4O2S/c1-18-13-20(19(2)28(18)16-22-5-3-11-30-22)14-21(15-25)24(29)27-9-7-26(8-10-27)17-23-6-4-12-31-23/h4,6,12-14,22H,3,5,7-11,16-17H2,1-2H3/b21-14+. The Bertz CT molecular complexity index is 972. The molecule has 2 aliphatic rings. The third-order valence-electron chi connectivity index (χ3n) is 6.29. The number of rotatable bonds is 6. The molecular weight excluding hydrogens is 408 g/mol. The Morgan fingerprint density at radius 1 is 1.32 bits per heavy atom. The van der Waals surface area contributed by atoms with E-state index in [4.69, 9.17) is 4.74 Å². The molecule has 4 heterocycles. The number of ether oxygens (including phenoxy) is 1. The molecule has 1 atom stereocenters. The molecule has 2 saturated heterocycles. The van der Waals surface area contributed by atoms with Crippen LogP contribution in [0.15, 0.2) is 29.2 Å². The van der Waals surface area contributed by atoms with E-state index in [9.17, 15) is 10.1 Å². The number of aromatic nitrogens is 1. The van der Waals surface area contributed by atoms with E-state index in [-0.39, 0.29) is 17.6 Å². The Labute approximate surface area is 188 Å². The van der Waals surface area contributed by atoms with Gasteiger partial charge in [-0.1, -0.05) is 6.07 Å². The average Bonchev–Trinajstić information content (AvgIpc) is 3.52. The summed E-state index contributed by atoms with van der Waals surface area (Å²) in [6, 6.07) is 8.43. The van der Waals surface area contributed by atoms with Gasteiger partial charge in [0.25, 0.3) is 5.91 Å². The summed E-state index contributed by atoms with van der Waals surface area (Å²) < 4.78 is 8.03. The minimum atomic E-state index is -0.165. The minimum Gasteiger partial charge on any atom is -0.376 e. The van der Waals surface area contributed by atoms with Crippen LogP contribution in [-0.4, -0.2) is 59.2 Å². The third kappa shape index (κ3) is 5.09. The highest BCUT2D eigenvalue weighted by molar-refractivity contribution is 7.09. The molecule has 0 aliphatic carbocycles. The molecule has 0 bridgehead atoms. The van der Waals surface area contributed by atoms with Crippen molar-refractivity contribution in [3.05, 3.63) is 51.0 Å². The smallest absolute Gasteiger partial charge is 0.264 e. The van der Waals surface area contributed by atoms with Crippen LogP contribution in [0.1, 0.15) is 34.7 Å². The molecule has 0 radical (unpaired) electrons. The van der Waals surface area contributed by atoms with Crippen LogP contribution in [-0.2, 0) is 22.6 Å². The molecule has 0 N–H and O–H groups in total. The van der Waals surface area contributed by atoms with Gasteiger partial charge in [-0.25, -0.2) is 0 Å². The fourth-order valence-corrected chi connectivity index (χ4v) is 5.19. The Kier molecular flexibility index (Phi) is 6.91. The number of hydrogen-bond donors (Lipinski definition) is 0. The van der Waals surface area contributed by atoms with E-state index in [1.807, 2.05) is 4.90 Å². The van der Waals surface area contributed by atoms with Crippen molar-refractivity contribution in [3.8, 4) is 6.07 Å². The van der Waals surface area contributed by atoms with Crippen LogP contribution in [0.5, 0.6) is 0 Å². The second-order valence-electron chi connectivity index (χ2n) is 8.39. The molecule has 2 aromatic heterocycles. The van der Waals surface area contributed by atoms with Gasteiger partial charge in [0.15, 0.2) is 0 Å². The molecule has 31 heavy (non-hydrogen) atoms. The predicted molar refractivity (Wildman–Crippen MR) is 123 cm³/mol. The van der Waals surface area contributed by atoms with Gasteiger partial charge in [-0.05, 0) is 55.8 Å². The Balaban J connectivity index is 1.41. The molecule has 4 rings (SSSR count). The van der Waals surface area contributed by atoms with E-state index >= 15 is 0 Å². The van der Waals surface area contributed by atoms with Gasteiger partial charge >= 0.3 is 0 Å². The highest BCUT2D eigenvalue weighted by Gasteiger charge is 2.25. The number of thiophene rings is 1. The molecule has 164 valence electrons. The van der Waals surface area contributed by atoms with Gasteiger partial charge in [-0.3, -0.25) is 9.69 Å². The lowest BCUT2D eigenvalue weighted by Crippen LogP contribution is -2.48. The molecule has 6 nitrogen and oxygen atoms in total. The van der Waals surface area contributed by atoms with Crippen molar-refractivity contribution in [2.75, 3.05) is 32.8 Å². The van der Waals surface area contributed by atoms with Crippen molar-refractivity contribution >= 4 is 23.3 Å². The van der Waals surface area contributed by atoms with Crippen molar-refractivity contribution in [2.45, 2.75) is 45.9 Å². The van der Waals surface area contributed by atoms with E-state index in [0.29, 0.717) is 13.1 Å². The molecule has 7 heteroatoms. The van der Waals surface area contributed by atoms with Gasteiger partial charge < -0.3 is 14.2 Å². The summed E-state index contributed by atoms with van der Waals surface area (Å²) in [5, 5.41) is 11.8. The lowest BCUT2D eigenvalue weighted by atomic mass is 10.1. The van der Waals surface area contributed by atoms with Gasteiger partial charge in [0.05, 0.1) is 6.10 Å². The lowest BCUT2D eigenvalue weighted by molar-refractivity contribution is -0.128. The predicted octanol–water partition coefficient (Wildman–Crippen LogP) is 3.60. The zero-order chi connectivity index (χ0) is 21.8. The van der Waals surface area contributed by atoms with Gasteiger partial charge in [0, 0.05) is 62.1 Å². The van der Waals surface area contributed by atoms with Crippen molar-refractivity contribution in [1.82, 2.24) is 14.4 Å². The summed E-state index contributed by atoms with van der Waals surface area (Å²) in [4.78, 5) is 18.6. The van der Waals surface area contributed by atoms with Crippen molar-refractivity contribution < 1.29 is 9.53 Å². The second-order valence-corrected chi connectivity index (χ2v) is 9.42. The van der Waals surface area contributed by atoms with Crippen LogP contribution in [0.25, 0.3) is 6.08 Å². The second kappa shape index (κ2) is 9.82. The lowest BCUT2D eigenvalue weighted by Gasteiger charge is -2.34. The molecule has 1 unspecified atom stereocenters. The molecule has 0 spiro atoms. The van der Waals surface area contributed by atoms with Crippen molar-refractivity contribution in [2.24, 2.45) is 0 Å². The van der Waals surface area contributed by atoms with E-state index < -0.39 is 0 Å². The number of carbonyl (C=O) groups is 1. The average molecular weight is 439 g/mol. The van der Waals surface area contributed by atoms with Crippen LogP contribution in [0.3, 0.4) is 0 Å². The molecule has 0 saturated carbocycles. The van der Waals surface area contributed by atoms with E-state index in [1.165, 1.54) is 4.88 Å². The van der Waals surface area contributed by atoms with Crippen LogP contribution in [0, 0.1) is 25.2 Å². The largest absolute Gasteiger partial charge is 0.376 e. The van der Waals surface area contributed by atoms with Crippen molar-refractivity contribution in [3.63, 3.8) is 0 Å². The first kappa shape index (κ1) is 21.8. The highest BCUT2D eigenvalue weighted by atomic mass is 32.1. The molecule has 2 aliphatic heterocycles. The van der Waals surface area contributed by atoms with Gasteiger partial charge in [-0.15, -0.1) is 11.3 Å². The normalized spacial score (nSPS) is 20.2. The maximum absolute atomic E-state index is 13.0. The van der Waals surface area contributed by atoms with Gasteiger partial charge in [0.1, 0.15) is 11.6 Å². The summed E-state index contributed by atoms with van der Waals surface area (Å²) >= 11 is 1.76. The first-order chi connectivity index (χ1) is 15.0. The highest BCUT2D eigenvalue weighted by Crippen LogP contribution is 2.23. The summed E-state index contributed by atoms with van der Waals surface area (Å²) in [6.07, 6.45) is 4.21. The molecule has 1 amide bonds. The van der Waals surface area contributed by atoms with Gasteiger partial charge in [-0.2, -0.15) is 5.26 Å². The van der Waals surface area contributed by atoms with Crippen LogP contribution in [0.4, 0.5) is 0 Å². The maximum atomic E-state index is 13.0. The van der Waals surface area contributed by atoms with Crippen LogP contribution < -0.4 is 0 Å². The fourth-order valence-electron chi connectivity index (χ4n) is 4.45. The van der Waals surface area contributed by atoms with E-state index in [1.54, 1.807) is 17.4 Å². The van der Waals surface area contributed by atoms with Crippen molar-refractivity contribution in [1.29, 1.82) is 5.26 Å². The molecule has 2 fully saturated rings. The first-order valence-electron chi connectivity index (χ1n) is 11.0. The molecule has 0 aromatic carbocycles. The number of piperazine rings is 1.